The number of benzene rings is 2. The van der Waals surface area contributed by atoms with Crippen molar-refractivity contribution in [3.8, 4) is 22.8 Å². The van der Waals surface area contributed by atoms with Crippen LogP contribution in [0, 0.1) is 10.1 Å². The fourth-order valence-corrected chi connectivity index (χ4v) is 3.71. The third kappa shape index (κ3) is 4.96. The molecule has 0 bridgehead atoms. The van der Waals surface area contributed by atoms with Crippen molar-refractivity contribution in [3.63, 3.8) is 0 Å². The number of pyridine rings is 1. The smallest absolute Gasteiger partial charge is 0.372 e. The second-order valence-corrected chi connectivity index (χ2v) is 7.65. The summed E-state index contributed by atoms with van der Waals surface area (Å²) >= 11 is 0. The number of rotatable bonds is 8. The normalized spacial score (nSPS) is 10.7. The quantitative estimate of drug-likeness (QED) is 0.284. The molecule has 0 N–H and O–H groups in total. The van der Waals surface area contributed by atoms with Gasteiger partial charge in [0.25, 0.3) is 5.56 Å². The monoisotopic (exact) mass is 474 g/mol. The van der Waals surface area contributed by atoms with Crippen molar-refractivity contribution in [2.45, 2.75) is 13.1 Å². The second kappa shape index (κ2) is 10.0. The highest BCUT2D eigenvalue weighted by Crippen LogP contribution is 2.26. The summed E-state index contributed by atoms with van der Waals surface area (Å²) in [6.45, 7) is 0.104. The molecule has 0 fully saturated rings. The van der Waals surface area contributed by atoms with Gasteiger partial charge in [0.2, 0.25) is 0 Å². The average Bonchev–Trinajstić information content (AvgIpc) is 2.88. The van der Waals surface area contributed by atoms with Gasteiger partial charge in [-0.1, -0.05) is 24.3 Å². The Morgan fingerprint density at radius 1 is 0.857 bits per heavy atom. The van der Waals surface area contributed by atoms with Gasteiger partial charge in [-0.3, -0.25) is 13.9 Å². The largest absolute Gasteiger partial charge is 0.497 e. The van der Waals surface area contributed by atoms with E-state index in [0.29, 0.717) is 11.5 Å². The van der Waals surface area contributed by atoms with E-state index in [0.717, 1.165) is 15.7 Å². The van der Waals surface area contributed by atoms with E-state index in [-0.39, 0.29) is 24.3 Å². The Labute approximate surface area is 199 Å². The predicted molar refractivity (Wildman–Crippen MR) is 129 cm³/mol. The molecule has 4 rings (SSSR count). The minimum Gasteiger partial charge on any atom is -0.497 e. The highest BCUT2D eigenvalue weighted by molar-refractivity contribution is 5.68. The van der Waals surface area contributed by atoms with E-state index in [1.54, 1.807) is 62.8 Å². The van der Waals surface area contributed by atoms with Gasteiger partial charge < -0.3 is 19.6 Å². The number of nitro groups is 1. The van der Waals surface area contributed by atoms with Crippen molar-refractivity contribution in [1.82, 2.24) is 14.1 Å². The van der Waals surface area contributed by atoms with Crippen LogP contribution in [0.3, 0.4) is 0 Å². The van der Waals surface area contributed by atoms with Gasteiger partial charge in [0.15, 0.2) is 0 Å². The molecule has 0 atom stereocenters. The lowest BCUT2D eigenvalue weighted by Crippen LogP contribution is -2.40. The maximum atomic E-state index is 13.6. The Hall–Kier alpha value is -4.73. The molecule has 2 heterocycles. The standard InChI is InChI=1S/C25H22N4O6/c1-34-19-9-5-17(6-10-19)15-27-22(21-4-3-13-26-24(21)29(32)33)14-23(30)28(25(27)31)16-18-7-11-20(35-2)12-8-18/h3-14H,15-16H2,1-2H3. The first-order chi connectivity index (χ1) is 16.9. The van der Waals surface area contributed by atoms with Gasteiger partial charge in [0.05, 0.1) is 38.6 Å². The molecule has 0 aliphatic heterocycles. The number of ether oxygens (including phenoxy) is 2. The molecular formula is C25H22N4O6. The van der Waals surface area contributed by atoms with E-state index in [1.165, 1.54) is 29.0 Å². The number of hydrogen-bond acceptors (Lipinski definition) is 7. The lowest BCUT2D eigenvalue weighted by Gasteiger charge is -2.16. The van der Waals surface area contributed by atoms with Crippen LogP contribution in [0.1, 0.15) is 11.1 Å². The van der Waals surface area contributed by atoms with Crippen molar-refractivity contribution >= 4 is 5.82 Å². The van der Waals surface area contributed by atoms with Crippen molar-refractivity contribution < 1.29 is 14.4 Å². The molecule has 4 aromatic rings. The third-order valence-electron chi connectivity index (χ3n) is 5.51. The van der Waals surface area contributed by atoms with E-state index < -0.39 is 22.0 Å². The molecule has 10 nitrogen and oxygen atoms in total. The van der Waals surface area contributed by atoms with Crippen molar-refractivity contribution in [2.24, 2.45) is 0 Å². The summed E-state index contributed by atoms with van der Waals surface area (Å²) in [6, 6.07) is 18.3. The van der Waals surface area contributed by atoms with Crippen LogP contribution < -0.4 is 20.7 Å². The van der Waals surface area contributed by atoms with Gasteiger partial charge in [-0.2, -0.15) is 0 Å². The summed E-state index contributed by atoms with van der Waals surface area (Å²) in [5.41, 5.74) is 0.483. The first kappa shape index (κ1) is 23.4. The second-order valence-electron chi connectivity index (χ2n) is 7.65. The van der Waals surface area contributed by atoms with E-state index >= 15 is 0 Å². The predicted octanol–water partition coefficient (Wildman–Crippen LogP) is 3.09. The van der Waals surface area contributed by atoms with E-state index in [2.05, 4.69) is 4.98 Å². The molecule has 0 saturated carbocycles. The van der Waals surface area contributed by atoms with Crippen LogP contribution in [0.25, 0.3) is 11.3 Å². The molecule has 2 aromatic heterocycles. The Bertz CT molecular complexity index is 1470. The summed E-state index contributed by atoms with van der Waals surface area (Å²) < 4.78 is 12.8. The zero-order valence-electron chi connectivity index (χ0n) is 19.1. The lowest BCUT2D eigenvalue weighted by atomic mass is 10.1. The molecular weight excluding hydrogens is 452 g/mol. The highest BCUT2D eigenvalue weighted by atomic mass is 16.6. The first-order valence-electron chi connectivity index (χ1n) is 10.6. The molecule has 178 valence electrons. The summed E-state index contributed by atoms with van der Waals surface area (Å²) in [4.78, 5) is 41.5. The maximum absolute atomic E-state index is 13.6. The highest BCUT2D eigenvalue weighted by Gasteiger charge is 2.22. The van der Waals surface area contributed by atoms with Crippen LogP contribution in [0.2, 0.25) is 0 Å². The molecule has 0 radical (unpaired) electrons. The van der Waals surface area contributed by atoms with E-state index in [4.69, 9.17) is 9.47 Å². The molecule has 0 amide bonds. The van der Waals surface area contributed by atoms with Gasteiger partial charge in [0, 0.05) is 6.07 Å². The Kier molecular flexibility index (Phi) is 6.72. The van der Waals surface area contributed by atoms with Crippen molar-refractivity contribution in [2.75, 3.05) is 14.2 Å². The van der Waals surface area contributed by atoms with Gasteiger partial charge in [-0.25, -0.2) is 4.79 Å². The minimum atomic E-state index is -0.638. The topological polar surface area (TPSA) is 118 Å². The summed E-state index contributed by atoms with van der Waals surface area (Å²) in [5, 5.41) is 11.6. The molecule has 0 saturated heterocycles. The van der Waals surface area contributed by atoms with Gasteiger partial charge >= 0.3 is 11.5 Å². The Morgan fingerprint density at radius 3 is 1.91 bits per heavy atom. The third-order valence-corrected chi connectivity index (χ3v) is 5.51. The van der Waals surface area contributed by atoms with Crippen molar-refractivity contribution in [3.05, 3.63) is 115 Å². The molecule has 10 heteroatoms. The fourth-order valence-electron chi connectivity index (χ4n) is 3.71. The zero-order valence-corrected chi connectivity index (χ0v) is 19.1. The molecule has 0 aliphatic rings. The van der Waals surface area contributed by atoms with Gasteiger partial charge in [-0.05, 0) is 57.4 Å². The van der Waals surface area contributed by atoms with Crippen LogP contribution in [0.5, 0.6) is 11.5 Å². The molecule has 0 spiro atoms. The van der Waals surface area contributed by atoms with Gasteiger partial charge in [-0.15, -0.1) is 0 Å². The summed E-state index contributed by atoms with van der Waals surface area (Å²) in [5.74, 6) is 0.855. The molecule has 2 aromatic carbocycles. The van der Waals surface area contributed by atoms with Crippen LogP contribution in [-0.2, 0) is 13.1 Å². The first-order valence-corrected chi connectivity index (χ1v) is 10.6. The van der Waals surface area contributed by atoms with Crippen LogP contribution >= 0.6 is 0 Å². The lowest BCUT2D eigenvalue weighted by molar-refractivity contribution is -0.388. The van der Waals surface area contributed by atoms with E-state index in [9.17, 15) is 19.7 Å². The number of nitrogens with zero attached hydrogens (tertiary/aromatic N) is 4. The average molecular weight is 474 g/mol. The zero-order chi connectivity index (χ0) is 24.9. The minimum absolute atomic E-state index is 0.0275. The molecule has 0 aliphatic carbocycles. The van der Waals surface area contributed by atoms with Crippen LogP contribution in [0.15, 0.2) is 82.5 Å². The number of hydrogen-bond donors (Lipinski definition) is 0. The van der Waals surface area contributed by atoms with Gasteiger partial charge in [0.1, 0.15) is 17.7 Å². The number of aromatic nitrogens is 3. The summed E-state index contributed by atoms with van der Waals surface area (Å²) in [7, 11) is 3.10. The van der Waals surface area contributed by atoms with E-state index in [1.807, 2.05) is 0 Å². The SMILES string of the molecule is COc1ccc(Cn2c(-c3cccnc3[N+](=O)[O-])cc(=O)n(Cc3ccc(OC)cc3)c2=O)cc1. The van der Waals surface area contributed by atoms with Crippen LogP contribution in [-0.4, -0.2) is 33.3 Å². The molecule has 0 unspecified atom stereocenters. The Balaban J connectivity index is 1.88. The molecule has 35 heavy (non-hydrogen) atoms. The van der Waals surface area contributed by atoms with Crippen molar-refractivity contribution in [1.29, 1.82) is 0 Å². The number of methoxy groups -OCH3 is 2. The maximum Gasteiger partial charge on any atom is 0.372 e. The fraction of sp³-hybridized carbons (Fsp3) is 0.160. The Morgan fingerprint density at radius 2 is 1.40 bits per heavy atom. The van der Waals surface area contributed by atoms with Crippen LogP contribution in [0.4, 0.5) is 5.82 Å². The summed E-state index contributed by atoms with van der Waals surface area (Å²) in [6.07, 6.45) is 1.29.